The molecule has 6 heteroatoms. The van der Waals surface area contributed by atoms with Crippen molar-refractivity contribution in [2.24, 2.45) is 5.41 Å². The lowest BCUT2D eigenvalue weighted by atomic mass is 9.73. The highest BCUT2D eigenvalue weighted by Gasteiger charge is 2.41. The molecule has 2 fully saturated rings. The first-order valence-electron chi connectivity index (χ1n) is 9.60. The van der Waals surface area contributed by atoms with E-state index in [1.165, 1.54) is 18.5 Å². The van der Waals surface area contributed by atoms with Gasteiger partial charge in [0, 0.05) is 68.2 Å². The molecule has 138 valence electrons. The number of nitrogens with zero attached hydrogens (tertiary/aromatic N) is 4. The Balaban J connectivity index is 1.38. The van der Waals surface area contributed by atoms with Crippen LogP contribution in [0.2, 0.25) is 0 Å². The lowest BCUT2D eigenvalue weighted by molar-refractivity contribution is -0.139. The summed E-state index contributed by atoms with van der Waals surface area (Å²) >= 11 is 0. The predicted octanol–water partition coefficient (Wildman–Crippen LogP) is 2.25. The number of likely N-dealkylation sites (tertiary alicyclic amines) is 2. The second kappa shape index (κ2) is 7.58. The van der Waals surface area contributed by atoms with Gasteiger partial charge in [-0.15, -0.1) is 0 Å². The van der Waals surface area contributed by atoms with E-state index < -0.39 is 0 Å². The third kappa shape index (κ3) is 3.96. The number of carbonyl (C=O) groups is 1. The monoisotopic (exact) mass is 353 g/mol. The van der Waals surface area contributed by atoms with Gasteiger partial charge in [0.15, 0.2) is 0 Å². The van der Waals surface area contributed by atoms with Gasteiger partial charge in [0.25, 0.3) is 0 Å². The molecule has 2 aliphatic rings. The van der Waals surface area contributed by atoms with E-state index in [-0.39, 0.29) is 5.41 Å². The summed E-state index contributed by atoms with van der Waals surface area (Å²) in [5.41, 5.74) is 2.47. The molecular formula is C20H27N5O. The van der Waals surface area contributed by atoms with Gasteiger partial charge >= 0.3 is 0 Å². The molecule has 4 rings (SSSR count). The highest BCUT2D eigenvalue weighted by atomic mass is 16.2. The number of rotatable bonds is 5. The van der Waals surface area contributed by atoms with Gasteiger partial charge in [-0.2, -0.15) is 0 Å². The Bertz CT molecular complexity index is 717. The van der Waals surface area contributed by atoms with Crippen molar-refractivity contribution in [3.05, 3.63) is 48.3 Å². The fraction of sp³-hybridized carbons (Fsp3) is 0.550. The molecule has 0 aliphatic carbocycles. The highest BCUT2D eigenvalue weighted by molar-refractivity contribution is 5.77. The molecule has 2 aromatic rings. The van der Waals surface area contributed by atoms with Crippen LogP contribution in [0, 0.1) is 5.41 Å². The lowest BCUT2D eigenvalue weighted by Crippen LogP contribution is -2.54. The third-order valence-corrected chi connectivity index (χ3v) is 5.80. The number of imidazole rings is 1. The summed E-state index contributed by atoms with van der Waals surface area (Å²) in [6, 6.07) is 5.98. The highest BCUT2D eigenvalue weighted by Crippen LogP contribution is 2.39. The molecule has 1 amide bonds. The van der Waals surface area contributed by atoms with E-state index >= 15 is 0 Å². The molecule has 1 spiro atoms. The number of nitrogens with one attached hydrogen (secondary N) is 1. The number of aromatic nitrogens is 3. The zero-order chi connectivity index (χ0) is 17.8. The third-order valence-electron chi connectivity index (χ3n) is 5.80. The van der Waals surface area contributed by atoms with Crippen molar-refractivity contribution in [2.45, 2.75) is 38.6 Å². The number of hydrogen-bond donors (Lipinski definition) is 1. The van der Waals surface area contributed by atoms with Crippen molar-refractivity contribution in [3.63, 3.8) is 0 Å². The van der Waals surface area contributed by atoms with Crippen molar-refractivity contribution < 1.29 is 4.79 Å². The maximum absolute atomic E-state index is 12.5. The average molecular weight is 353 g/mol. The van der Waals surface area contributed by atoms with Crippen LogP contribution in [-0.4, -0.2) is 56.8 Å². The Morgan fingerprint density at radius 3 is 3.00 bits per heavy atom. The first-order valence-corrected chi connectivity index (χ1v) is 9.60. The first-order chi connectivity index (χ1) is 12.7. The maximum Gasteiger partial charge on any atom is 0.222 e. The SMILES string of the molecule is O=C1CC[C@]2(CCCN(Cc3cnc[nH]3)C2)CN1CCc1ccccn1. The number of aromatic amines is 1. The summed E-state index contributed by atoms with van der Waals surface area (Å²) in [6.07, 6.45) is 10.4. The number of amides is 1. The van der Waals surface area contributed by atoms with Crippen LogP contribution in [-0.2, 0) is 17.8 Å². The molecule has 2 aliphatic heterocycles. The fourth-order valence-corrected chi connectivity index (χ4v) is 4.49. The minimum absolute atomic E-state index is 0.246. The normalized spacial score (nSPS) is 24.3. The fourth-order valence-electron chi connectivity index (χ4n) is 4.49. The predicted molar refractivity (Wildman–Crippen MR) is 99.3 cm³/mol. The Labute approximate surface area is 154 Å². The van der Waals surface area contributed by atoms with Gasteiger partial charge in [-0.3, -0.25) is 14.7 Å². The Kier molecular flexibility index (Phi) is 5.02. The molecule has 0 saturated carbocycles. The molecular weight excluding hydrogens is 326 g/mol. The smallest absolute Gasteiger partial charge is 0.222 e. The summed E-state index contributed by atoms with van der Waals surface area (Å²) in [5, 5.41) is 0. The van der Waals surface area contributed by atoms with E-state index in [1.807, 2.05) is 30.6 Å². The van der Waals surface area contributed by atoms with E-state index in [4.69, 9.17) is 0 Å². The summed E-state index contributed by atoms with van der Waals surface area (Å²) in [4.78, 5) is 28.8. The molecule has 6 nitrogen and oxygen atoms in total. The van der Waals surface area contributed by atoms with Crippen LogP contribution in [0.15, 0.2) is 36.9 Å². The van der Waals surface area contributed by atoms with E-state index in [0.29, 0.717) is 12.3 Å². The van der Waals surface area contributed by atoms with Crippen LogP contribution in [0.5, 0.6) is 0 Å². The molecule has 1 N–H and O–H groups in total. The largest absolute Gasteiger partial charge is 0.347 e. The van der Waals surface area contributed by atoms with Gasteiger partial charge in [-0.05, 0) is 37.9 Å². The molecule has 0 unspecified atom stereocenters. The number of H-pyrrole nitrogens is 1. The van der Waals surface area contributed by atoms with Gasteiger partial charge in [-0.1, -0.05) is 6.07 Å². The summed E-state index contributed by atoms with van der Waals surface area (Å²) in [5.74, 6) is 0.303. The summed E-state index contributed by atoms with van der Waals surface area (Å²) in [6.45, 7) is 4.78. The van der Waals surface area contributed by atoms with Crippen molar-refractivity contribution in [2.75, 3.05) is 26.2 Å². The molecule has 26 heavy (non-hydrogen) atoms. The van der Waals surface area contributed by atoms with Crippen LogP contribution in [0.4, 0.5) is 0 Å². The number of piperidine rings is 2. The van der Waals surface area contributed by atoms with Gasteiger partial charge < -0.3 is 9.88 Å². The van der Waals surface area contributed by atoms with E-state index in [9.17, 15) is 4.79 Å². The van der Waals surface area contributed by atoms with Crippen molar-refractivity contribution in [3.8, 4) is 0 Å². The molecule has 2 saturated heterocycles. The second-order valence-electron chi connectivity index (χ2n) is 7.78. The van der Waals surface area contributed by atoms with Crippen molar-refractivity contribution >= 4 is 5.91 Å². The zero-order valence-electron chi connectivity index (χ0n) is 15.2. The van der Waals surface area contributed by atoms with E-state index in [1.54, 1.807) is 6.33 Å². The molecule has 1 atom stereocenters. The number of pyridine rings is 1. The topological polar surface area (TPSA) is 65.1 Å². The van der Waals surface area contributed by atoms with Gasteiger partial charge in [0.1, 0.15) is 0 Å². The van der Waals surface area contributed by atoms with Crippen LogP contribution in [0.1, 0.15) is 37.1 Å². The van der Waals surface area contributed by atoms with Crippen molar-refractivity contribution in [1.29, 1.82) is 0 Å². The van der Waals surface area contributed by atoms with E-state index in [2.05, 4.69) is 24.8 Å². The minimum atomic E-state index is 0.246. The Hall–Kier alpha value is -2.21. The summed E-state index contributed by atoms with van der Waals surface area (Å²) in [7, 11) is 0. The lowest BCUT2D eigenvalue weighted by Gasteiger charge is -2.48. The zero-order valence-corrected chi connectivity index (χ0v) is 15.2. The van der Waals surface area contributed by atoms with Gasteiger partial charge in [0.05, 0.1) is 6.33 Å². The Morgan fingerprint density at radius 2 is 2.19 bits per heavy atom. The molecule has 4 heterocycles. The minimum Gasteiger partial charge on any atom is -0.347 e. The molecule has 0 aromatic carbocycles. The van der Waals surface area contributed by atoms with Gasteiger partial charge in [-0.25, -0.2) is 4.98 Å². The number of carbonyl (C=O) groups excluding carboxylic acids is 1. The first kappa shape index (κ1) is 17.2. The van der Waals surface area contributed by atoms with E-state index in [0.717, 1.165) is 51.3 Å². The quantitative estimate of drug-likeness (QED) is 0.895. The van der Waals surface area contributed by atoms with Gasteiger partial charge in [0.2, 0.25) is 5.91 Å². The molecule has 0 radical (unpaired) electrons. The maximum atomic E-state index is 12.5. The van der Waals surface area contributed by atoms with Crippen LogP contribution < -0.4 is 0 Å². The molecule has 2 aromatic heterocycles. The van der Waals surface area contributed by atoms with Crippen molar-refractivity contribution in [1.82, 2.24) is 24.8 Å². The van der Waals surface area contributed by atoms with Crippen LogP contribution in [0.3, 0.4) is 0 Å². The summed E-state index contributed by atoms with van der Waals surface area (Å²) < 4.78 is 0. The average Bonchev–Trinajstić information content (AvgIpc) is 3.17. The Morgan fingerprint density at radius 1 is 1.23 bits per heavy atom. The standard InChI is InChI=1S/C20H27N5O/c26-19-5-8-20(15-25(19)11-6-17-4-1-2-9-22-17)7-3-10-24(14-20)13-18-12-21-16-23-18/h1-2,4,9,12,16H,3,5-8,10-11,13-15H2,(H,21,23)/t20-/m0/s1. The van der Waals surface area contributed by atoms with Crippen LogP contribution in [0.25, 0.3) is 0 Å². The molecule has 0 bridgehead atoms. The number of hydrogen-bond acceptors (Lipinski definition) is 4. The van der Waals surface area contributed by atoms with Crippen LogP contribution >= 0.6 is 0 Å². The second-order valence-corrected chi connectivity index (χ2v) is 7.78.